The zero-order chi connectivity index (χ0) is 9.84. The van der Waals surface area contributed by atoms with E-state index in [4.69, 9.17) is 4.74 Å². The predicted octanol–water partition coefficient (Wildman–Crippen LogP) is 2.32. The molecule has 0 heterocycles. The Labute approximate surface area is 80.1 Å². The van der Waals surface area contributed by atoms with E-state index >= 15 is 0 Å². The molecule has 1 aromatic rings. The van der Waals surface area contributed by atoms with Gasteiger partial charge in [-0.1, -0.05) is 13.0 Å². The third-order valence-corrected chi connectivity index (χ3v) is 2.13. The van der Waals surface area contributed by atoms with Gasteiger partial charge in [0, 0.05) is 14.1 Å². The molecule has 0 fully saturated rings. The summed E-state index contributed by atoms with van der Waals surface area (Å²) >= 11 is 0. The van der Waals surface area contributed by atoms with Crippen molar-refractivity contribution in [1.82, 2.24) is 0 Å². The average Bonchev–Trinajstić information content (AvgIpc) is 2.16. The van der Waals surface area contributed by atoms with Gasteiger partial charge in [-0.25, -0.2) is 0 Å². The van der Waals surface area contributed by atoms with Gasteiger partial charge in [-0.2, -0.15) is 0 Å². The Hall–Kier alpha value is -1.18. The molecule has 0 aromatic heterocycles. The van der Waals surface area contributed by atoms with Crippen LogP contribution < -0.4 is 9.64 Å². The van der Waals surface area contributed by atoms with Crippen LogP contribution in [0.3, 0.4) is 0 Å². The molecule has 0 atom stereocenters. The summed E-state index contributed by atoms with van der Waals surface area (Å²) in [6.45, 7) is 2.15. The Morgan fingerprint density at radius 2 is 2.00 bits per heavy atom. The second-order valence-electron chi connectivity index (χ2n) is 3.25. The molecule has 0 unspecified atom stereocenters. The van der Waals surface area contributed by atoms with E-state index in [0.29, 0.717) is 0 Å². The van der Waals surface area contributed by atoms with E-state index in [-0.39, 0.29) is 0 Å². The quantitative estimate of drug-likeness (QED) is 0.706. The first-order chi connectivity index (χ1) is 6.19. The van der Waals surface area contributed by atoms with Gasteiger partial charge in [-0.05, 0) is 24.1 Å². The van der Waals surface area contributed by atoms with Crippen LogP contribution in [0.5, 0.6) is 5.75 Å². The zero-order valence-electron chi connectivity index (χ0n) is 8.79. The largest absolute Gasteiger partial charge is 0.495 e. The number of nitrogens with zero attached hydrogens (tertiary/aromatic N) is 1. The minimum atomic E-state index is 0.933. The van der Waals surface area contributed by atoms with Crippen molar-refractivity contribution in [3.05, 3.63) is 23.8 Å². The molecule has 0 radical (unpaired) electrons. The van der Waals surface area contributed by atoms with Crippen molar-refractivity contribution in [1.29, 1.82) is 0 Å². The van der Waals surface area contributed by atoms with Gasteiger partial charge in [0.05, 0.1) is 12.8 Å². The van der Waals surface area contributed by atoms with Crippen molar-refractivity contribution < 1.29 is 4.74 Å². The summed E-state index contributed by atoms with van der Waals surface area (Å²) in [5.74, 6) is 0.933. The van der Waals surface area contributed by atoms with Gasteiger partial charge in [0.15, 0.2) is 0 Å². The molecular weight excluding hydrogens is 162 g/mol. The summed E-state index contributed by atoms with van der Waals surface area (Å²) < 4.78 is 5.26. The van der Waals surface area contributed by atoms with E-state index in [1.54, 1.807) is 7.11 Å². The second kappa shape index (κ2) is 4.17. The first kappa shape index (κ1) is 9.90. The highest BCUT2D eigenvalue weighted by Crippen LogP contribution is 2.27. The van der Waals surface area contributed by atoms with Crippen molar-refractivity contribution in [2.75, 3.05) is 26.1 Å². The Kier molecular flexibility index (Phi) is 3.18. The number of hydrogen-bond donors (Lipinski definition) is 0. The number of rotatable bonds is 3. The van der Waals surface area contributed by atoms with Crippen molar-refractivity contribution in [3.8, 4) is 5.75 Å². The third kappa shape index (κ3) is 2.14. The molecule has 0 aliphatic heterocycles. The highest BCUT2D eigenvalue weighted by molar-refractivity contribution is 5.59. The number of benzene rings is 1. The van der Waals surface area contributed by atoms with Gasteiger partial charge in [0.25, 0.3) is 0 Å². The molecule has 2 nitrogen and oxygen atoms in total. The van der Waals surface area contributed by atoms with Crippen LogP contribution >= 0.6 is 0 Å². The molecule has 13 heavy (non-hydrogen) atoms. The maximum Gasteiger partial charge on any atom is 0.142 e. The number of methoxy groups -OCH3 is 1. The fraction of sp³-hybridized carbons (Fsp3) is 0.455. The first-order valence-corrected chi connectivity index (χ1v) is 4.53. The molecule has 0 saturated carbocycles. The SMILES string of the molecule is CCc1ccc(OC)c(N(C)C)c1. The minimum absolute atomic E-state index is 0.933. The average molecular weight is 179 g/mol. The van der Waals surface area contributed by atoms with Gasteiger partial charge in [0.2, 0.25) is 0 Å². The Bertz CT molecular complexity index is 281. The van der Waals surface area contributed by atoms with Gasteiger partial charge in [0.1, 0.15) is 5.75 Å². The Morgan fingerprint density at radius 3 is 2.46 bits per heavy atom. The fourth-order valence-corrected chi connectivity index (χ4v) is 1.30. The normalized spacial score (nSPS) is 9.85. The summed E-state index contributed by atoms with van der Waals surface area (Å²) in [4.78, 5) is 2.07. The standard InChI is InChI=1S/C11H17NO/c1-5-9-6-7-11(13-4)10(8-9)12(2)3/h6-8H,5H2,1-4H3. The van der Waals surface area contributed by atoms with Crippen LogP contribution in [0.25, 0.3) is 0 Å². The molecule has 0 amide bonds. The lowest BCUT2D eigenvalue weighted by atomic mass is 10.1. The highest BCUT2D eigenvalue weighted by atomic mass is 16.5. The van der Waals surface area contributed by atoms with Crippen molar-refractivity contribution >= 4 is 5.69 Å². The molecule has 2 heteroatoms. The van der Waals surface area contributed by atoms with E-state index in [9.17, 15) is 0 Å². The molecule has 0 spiro atoms. The molecule has 1 aromatic carbocycles. The summed E-state index contributed by atoms with van der Waals surface area (Å²) in [6.07, 6.45) is 1.06. The third-order valence-electron chi connectivity index (χ3n) is 2.13. The lowest BCUT2D eigenvalue weighted by molar-refractivity contribution is 0.415. The molecule has 1 rings (SSSR count). The first-order valence-electron chi connectivity index (χ1n) is 4.53. The zero-order valence-corrected chi connectivity index (χ0v) is 8.79. The van der Waals surface area contributed by atoms with Crippen LogP contribution in [0.4, 0.5) is 5.69 Å². The van der Waals surface area contributed by atoms with Crippen molar-refractivity contribution in [2.24, 2.45) is 0 Å². The van der Waals surface area contributed by atoms with Crippen molar-refractivity contribution in [3.63, 3.8) is 0 Å². The van der Waals surface area contributed by atoms with Crippen molar-refractivity contribution in [2.45, 2.75) is 13.3 Å². The second-order valence-corrected chi connectivity index (χ2v) is 3.25. The maximum atomic E-state index is 5.26. The van der Waals surface area contributed by atoms with Crippen LogP contribution in [0.15, 0.2) is 18.2 Å². The molecule has 0 aliphatic rings. The van der Waals surface area contributed by atoms with Crippen LogP contribution in [0, 0.1) is 0 Å². The van der Waals surface area contributed by atoms with E-state index < -0.39 is 0 Å². The maximum absolute atomic E-state index is 5.26. The predicted molar refractivity (Wildman–Crippen MR) is 56.7 cm³/mol. The number of hydrogen-bond acceptors (Lipinski definition) is 2. The lowest BCUT2D eigenvalue weighted by Gasteiger charge is -2.17. The van der Waals surface area contributed by atoms with Gasteiger partial charge >= 0.3 is 0 Å². The van der Waals surface area contributed by atoms with Gasteiger partial charge in [-0.15, -0.1) is 0 Å². The molecule has 0 bridgehead atoms. The fourth-order valence-electron chi connectivity index (χ4n) is 1.30. The summed E-state index contributed by atoms with van der Waals surface area (Å²) in [7, 11) is 5.75. The molecule has 0 N–H and O–H groups in total. The van der Waals surface area contributed by atoms with Crippen LogP contribution in [0.1, 0.15) is 12.5 Å². The number of anilines is 1. The van der Waals surface area contributed by atoms with Crippen LogP contribution in [-0.4, -0.2) is 21.2 Å². The summed E-state index contributed by atoms with van der Waals surface area (Å²) in [5, 5.41) is 0. The van der Waals surface area contributed by atoms with E-state index in [0.717, 1.165) is 17.9 Å². The lowest BCUT2D eigenvalue weighted by Crippen LogP contribution is -2.10. The Morgan fingerprint density at radius 1 is 1.31 bits per heavy atom. The Balaban J connectivity index is 3.10. The molecular formula is C11H17NO. The van der Waals surface area contributed by atoms with Crippen LogP contribution in [-0.2, 0) is 6.42 Å². The van der Waals surface area contributed by atoms with Gasteiger partial charge < -0.3 is 9.64 Å². The van der Waals surface area contributed by atoms with Crippen LogP contribution in [0.2, 0.25) is 0 Å². The minimum Gasteiger partial charge on any atom is -0.495 e. The summed E-state index contributed by atoms with van der Waals surface area (Å²) in [5.41, 5.74) is 2.48. The highest BCUT2D eigenvalue weighted by Gasteiger charge is 2.04. The molecule has 0 saturated heterocycles. The summed E-state index contributed by atoms with van der Waals surface area (Å²) in [6, 6.07) is 6.29. The smallest absolute Gasteiger partial charge is 0.142 e. The van der Waals surface area contributed by atoms with E-state index in [1.807, 2.05) is 20.2 Å². The number of aryl methyl sites for hydroxylation is 1. The molecule has 72 valence electrons. The van der Waals surface area contributed by atoms with Gasteiger partial charge in [-0.3, -0.25) is 0 Å². The van der Waals surface area contributed by atoms with E-state index in [1.165, 1.54) is 5.56 Å². The topological polar surface area (TPSA) is 12.5 Å². The van der Waals surface area contributed by atoms with E-state index in [2.05, 4.69) is 24.0 Å². The monoisotopic (exact) mass is 179 g/mol. The number of ether oxygens (including phenoxy) is 1. The molecule has 0 aliphatic carbocycles.